The van der Waals surface area contributed by atoms with E-state index >= 15 is 0 Å². The fourth-order valence-corrected chi connectivity index (χ4v) is 2.81. The van der Waals surface area contributed by atoms with Gasteiger partial charge in [0.05, 0.1) is 6.61 Å². The molecule has 0 bridgehead atoms. The molecule has 1 aliphatic carbocycles. The first-order valence-electron chi connectivity index (χ1n) is 6.05. The van der Waals surface area contributed by atoms with E-state index in [-0.39, 0.29) is 0 Å². The van der Waals surface area contributed by atoms with E-state index in [0.29, 0.717) is 12.0 Å². The Hall–Kier alpha value is -0.860. The van der Waals surface area contributed by atoms with Gasteiger partial charge in [0.2, 0.25) is 0 Å². The quantitative estimate of drug-likeness (QED) is 0.786. The summed E-state index contributed by atoms with van der Waals surface area (Å²) in [5.41, 5.74) is 4.47. The highest BCUT2D eigenvalue weighted by atomic mass is 16.5. The summed E-state index contributed by atoms with van der Waals surface area (Å²) in [4.78, 5) is 0. The Labute approximate surface area is 98.0 Å². The number of fused-ring (bicyclic) bond motifs is 1. The van der Waals surface area contributed by atoms with Crippen LogP contribution in [0.4, 0.5) is 0 Å². The van der Waals surface area contributed by atoms with Crippen LogP contribution < -0.4 is 5.32 Å². The molecule has 0 amide bonds. The third kappa shape index (κ3) is 2.13. The highest BCUT2D eigenvalue weighted by Gasteiger charge is 2.28. The number of nitrogens with one attached hydrogen (secondary N) is 1. The first-order valence-corrected chi connectivity index (χ1v) is 6.05. The minimum atomic E-state index is 0.514. The van der Waals surface area contributed by atoms with Crippen molar-refractivity contribution in [1.29, 1.82) is 0 Å². The molecule has 1 aromatic carbocycles. The molecule has 88 valence electrons. The zero-order valence-corrected chi connectivity index (χ0v) is 10.4. The van der Waals surface area contributed by atoms with Gasteiger partial charge < -0.3 is 10.1 Å². The summed E-state index contributed by atoms with van der Waals surface area (Å²) in [5.74, 6) is 0.677. The Bertz CT molecular complexity index is 362. The fraction of sp³-hybridized carbons (Fsp3) is 0.571. The average Bonchev–Trinajstić information content (AvgIpc) is 2.58. The van der Waals surface area contributed by atoms with E-state index in [2.05, 4.69) is 37.4 Å². The van der Waals surface area contributed by atoms with E-state index in [9.17, 15) is 0 Å². The maximum absolute atomic E-state index is 5.08. The minimum Gasteiger partial charge on any atom is -0.383 e. The normalized spacial score (nSPS) is 23.4. The molecule has 0 fully saturated rings. The second-order valence-corrected chi connectivity index (χ2v) is 4.71. The molecule has 0 aliphatic heterocycles. The minimum absolute atomic E-state index is 0.514. The molecule has 2 unspecified atom stereocenters. The molecule has 2 heteroatoms. The lowest BCUT2D eigenvalue weighted by Gasteiger charge is -2.13. The Morgan fingerprint density at radius 2 is 2.25 bits per heavy atom. The van der Waals surface area contributed by atoms with E-state index < -0.39 is 0 Å². The molecule has 0 heterocycles. The number of aryl methyl sites for hydroxylation is 1. The molecule has 1 aromatic rings. The largest absolute Gasteiger partial charge is 0.383 e. The molecule has 1 N–H and O–H groups in total. The Balaban J connectivity index is 2.13. The Morgan fingerprint density at radius 1 is 1.44 bits per heavy atom. The van der Waals surface area contributed by atoms with Gasteiger partial charge in [0, 0.05) is 19.7 Å². The summed E-state index contributed by atoms with van der Waals surface area (Å²) in [6.45, 7) is 6.25. The highest BCUT2D eigenvalue weighted by molar-refractivity contribution is 5.43. The van der Waals surface area contributed by atoms with E-state index in [1.807, 2.05) is 0 Å². The molecule has 0 aromatic heterocycles. The van der Waals surface area contributed by atoms with Gasteiger partial charge in [0.15, 0.2) is 0 Å². The first kappa shape index (κ1) is 11.6. The molecule has 0 spiro atoms. The number of hydrogen-bond donors (Lipinski definition) is 1. The number of rotatable bonds is 4. The predicted molar refractivity (Wildman–Crippen MR) is 66.8 cm³/mol. The molecular weight excluding hydrogens is 198 g/mol. The summed E-state index contributed by atoms with van der Waals surface area (Å²) in [7, 11) is 1.75. The summed E-state index contributed by atoms with van der Waals surface area (Å²) < 4.78 is 5.08. The number of benzene rings is 1. The fourth-order valence-electron chi connectivity index (χ4n) is 2.81. The molecule has 0 saturated carbocycles. The van der Waals surface area contributed by atoms with Crippen molar-refractivity contribution in [1.82, 2.24) is 5.32 Å². The van der Waals surface area contributed by atoms with Crippen molar-refractivity contribution in [3.8, 4) is 0 Å². The average molecular weight is 219 g/mol. The molecule has 0 saturated heterocycles. The highest BCUT2D eigenvalue weighted by Crippen LogP contribution is 2.41. The maximum atomic E-state index is 5.08. The molecule has 0 radical (unpaired) electrons. The van der Waals surface area contributed by atoms with Gasteiger partial charge in [0.1, 0.15) is 0 Å². The summed E-state index contributed by atoms with van der Waals surface area (Å²) in [6.07, 6.45) is 1.21. The summed E-state index contributed by atoms with van der Waals surface area (Å²) in [5, 5.41) is 3.57. The van der Waals surface area contributed by atoms with Crippen LogP contribution >= 0.6 is 0 Å². The van der Waals surface area contributed by atoms with Crippen LogP contribution in [0, 0.1) is 6.92 Å². The molecule has 2 atom stereocenters. The van der Waals surface area contributed by atoms with Gasteiger partial charge in [-0.25, -0.2) is 0 Å². The van der Waals surface area contributed by atoms with Crippen molar-refractivity contribution >= 4 is 0 Å². The molecule has 16 heavy (non-hydrogen) atoms. The van der Waals surface area contributed by atoms with Crippen molar-refractivity contribution in [2.45, 2.75) is 32.2 Å². The third-order valence-corrected chi connectivity index (χ3v) is 3.51. The van der Waals surface area contributed by atoms with Crippen LogP contribution in [-0.4, -0.2) is 20.3 Å². The van der Waals surface area contributed by atoms with Crippen LogP contribution in [-0.2, 0) is 4.74 Å². The standard InChI is InChI=1S/C14H21NO/c1-10-5-4-6-12-13(15-7-8-16-3)9-11(2)14(10)12/h4-6,11,13,15H,7-9H2,1-3H3. The van der Waals surface area contributed by atoms with E-state index in [4.69, 9.17) is 4.74 Å². The zero-order chi connectivity index (χ0) is 11.5. The van der Waals surface area contributed by atoms with Crippen LogP contribution in [0.3, 0.4) is 0 Å². The molecular formula is C14H21NO. The van der Waals surface area contributed by atoms with Gasteiger partial charge in [-0.3, -0.25) is 0 Å². The van der Waals surface area contributed by atoms with Crippen LogP contribution in [0.2, 0.25) is 0 Å². The summed E-state index contributed by atoms with van der Waals surface area (Å²) >= 11 is 0. The topological polar surface area (TPSA) is 21.3 Å². The Morgan fingerprint density at radius 3 is 3.00 bits per heavy atom. The van der Waals surface area contributed by atoms with Gasteiger partial charge in [0.25, 0.3) is 0 Å². The van der Waals surface area contributed by atoms with E-state index in [1.165, 1.54) is 17.5 Å². The van der Waals surface area contributed by atoms with E-state index in [1.54, 1.807) is 12.7 Å². The first-order chi connectivity index (χ1) is 7.74. The van der Waals surface area contributed by atoms with E-state index in [0.717, 1.165) is 13.2 Å². The molecule has 2 rings (SSSR count). The van der Waals surface area contributed by atoms with Gasteiger partial charge in [-0.1, -0.05) is 25.1 Å². The predicted octanol–water partition coefficient (Wildman–Crippen LogP) is 2.78. The Kier molecular flexibility index (Phi) is 3.62. The van der Waals surface area contributed by atoms with Crippen molar-refractivity contribution in [2.24, 2.45) is 0 Å². The second kappa shape index (κ2) is 4.98. The van der Waals surface area contributed by atoms with Gasteiger partial charge in [-0.05, 0) is 36.0 Å². The lowest BCUT2D eigenvalue weighted by Crippen LogP contribution is -2.23. The van der Waals surface area contributed by atoms with Crippen LogP contribution in [0.15, 0.2) is 18.2 Å². The van der Waals surface area contributed by atoms with Gasteiger partial charge in [-0.15, -0.1) is 0 Å². The maximum Gasteiger partial charge on any atom is 0.0587 e. The van der Waals surface area contributed by atoms with Gasteiger partial charge in [-0.2, -0.15) is 0 Å². The van der Waals surface area contributed by atoms with Crippen molar-refractivity contribution in [3.63, 3.8) is 0 Å². The monoisotopic (exact) mass is 219 g/mol. The lowest BCUT2D eigenvalue weighted by molar-refractivity contribution is 0.195. The van der Waals surface area contributed by atoms with Crippen LogP contribution in [0.5, 0.6) is 0 Å². The second-order valence-electron chi connectivity index (χ2n) is 4.71. The number of methoxy groups -OCH3 is 1. The molecule has 2 nitrogen and oxygen atoms in total. The van der Waals surface area contributed by atoms with Crippen molar-refractivity contribution in [3.05, 3.63) is 34.9 Å². The third-order valence-electron chi connectivity index (χ3n) is 3.51. The SMILES string of the molecule is COCCNC1CC(C)c2c(C)cccc21. The zero-order valence-electron chi connectivity index (χ0n) is 10.4. The van der Waals surface area contributed by atoms with Crippen molar-refractivity contribution in [2.75, 3.05) is 20.3 Å². The molecule has 1 aliphatic rings. The summed E-state index contributed by atoms with van der Waals surface area (Å²) in [6, 6.07) is 7.15. The number of ether oxygens (including phenoxy) is 1. The van der Waals surface area contributed by atoms with Crippen LogP contribution in [0.1, 0.15) is 42.0 Å². The van der Waals surface area contributed by atoms with Crippen LogP contribution in [0.25, 0.3) is 0 Å². The smallest absolute Gasteiger partial charge is 0.0587 e. The lowest BCUT2D eigenvalue weighted by atomic mass is 9.98. The van der Waals surface area contributed by atoms with Crippen molar-refractivity contribution < 1.29 is 4.74 Å². The number of hydrogen-bond acceptors (Lipinski definition) is 2. The van der Waals surface area contributed by atoms with Gasteiger partial charge >= 0.3 is 0 Å².